The third-order valence-electron chi connectivity index (χ3n) is 2.93. The monoisotopic (exact) mass is 275 g/mol. The number of nitro benzene ring substituents is 1. The summed E-state index contributed by atoms with van der Waals surface area (Å²) in [6.45, 7) is 0.0417. The summed E-state index contributed by atoms with van der Waals surface area (Å²) in [6, 6.07) is 6.26. The minimum Gasteiger partial charge on any atom is -0.468 e. The van der Waals surface area contributed by atoms with Gasteiger partial charge in [0.2, 0.25) is 0 Å². The Kier molecular flexibility index (Phi) is 3.79. The molecular formula is C13H13N3O4. The van der Waals surface area contributed by atoms with Crippen molar-refractivity contribution in [3.8, 4) is 0 Å². The molecule has 0 aliphatic rings. The lowest BCUT2D eigenvalue weighted by atomic mass is 10.1. The molecule has 7 nitrogen and oxygen atoms in total. The second-order valence-corrected chi connectivity index (χ2v) is 4.19. The van der Waals surface area contributed by atoms with E-state index in [1.54, 1.807) is 36.3 Å². The average Bonchev–Trinajstić information content (AvgIpc) is 2.45. The highest BCUT2D eigenvalue weighted by atomic mass is 16.6. The zero-order valence-corrected chi connectivity index (χ0v) is 11.1. The van der Waals surface area contributed by atoms with Crippen LogP contribution in [-0.2, 0) is 9.53 Å². The Balaban J connectivity index is 2.53. The van der Waals surface area contributed by atoms with Crippen molar-refractivity contribution in [2.24, 2.45) is 0 Å². The summed E-state index contributed by atoms with van der Waals surface area (Å²) < 4.78 is 4.61. The molecular weight excluding hydrogens is 262 g/mol. The number of hydrogen-bond acceptors (Lipinski definition) is 6. The molecule has 7 heteroatoms. The molecule has 20 heavy (non-hydrogen) atoms. The Bertz CT molecular complexity index is 672. The number of ether oxygens (including phenoxy) is 1. The number of nitro groups is 1. The molecule has 2 rings (SSSR count). The summed E-state index contributed by atoms with van der Waals surface area (Å²) in [4.78, 5) is 27.7. The highest BCUT2D eigenvalue weighted by Gasteiger charge is 2.18. The van der Waals surface area contributed by atoms with Crippen LogP contribution >= 0.6 is 0 Å². The number of nitrogens with zero attached hydrogens (tertiary/aromatic N) is 3. The van der Waals surface area contributed by atoms with Crippen LogP contribution in [0.2, 0.25) is 0 Å². The third-order valence-corrected chi connectivity index (χ3v) is 2.93. The normalized spacial score (nSPS) is 10.3. The van der Waals surface area contributed by atoms with Crippen LogP contribution in [0.15, 0.2) is 30.5 Å². The number of carbonyl (C=O) groups is 1. The van der Waals surface area contributed by atoms with Gasteiger partial charge in [0.25, 0.3) is 5.69 Å². The van der Waals surface area contributed by atoms with Crippen molar-refractivity contribution in [2.45, 2.75) is 0 Å². The number of benzene rings is 1. The van der Waals surface area contributed by atoms with Crippen LogP contribution < -0.4 is 4.90 Å². The number of non-ortho nitro benzene ring substituents is 1. The van der Waals surface area contributed by atoms with E-state index >= 15 is 0 Å². The summed E-state index contributed by atoms with van der Waals surface area (Å²) in [7, 11) is 3.01. The molecule has 0 amide bonds. The maximum atomic E-state index is 11.3. The molecule has 0 fully saturated rings. The lowest BCUT2D eigenvalue weighted by Gasteiger charge is -2.19. The number of fused-ring (bicyclic) bond motifs is 1. The first kappa shape index (κ1) is 13.7. The molecule has 0 spiro atoms. The van der Waals surface area contributed by atoms with Crippen molar-refractivity contribution >= 4 is 28.2 Å². The van der Waals surface area contributed by atoms with Gasteiger partial charge in [0, 0.05) is 19.3 Å². The maximum absolute atomic E-state index is 11.3. The maximum Gasteiger partial charge on any atom is 0.325 e. The minimum absolute atomic E-state index is 0.0108. The Hall–Kier alpha value is -2.70. The van der Waals surface area contributed by atoms with Gasteiger partial charge in [0.05, 0.1) is 23.1 Å². The number of hydrogen-bond donors (Lipinski definition) is 0. The molecule has 0 radical (unpaired) electrons. The highest BCUT2D eigenvalue weighted by Crippen LogP contribution is 2.31. The van der Waals surface area contributed by atoms with Gasteiger partial charge in [-0.1, -0.05) is 0 Å². The predicted octanol–water partition coefficient (Wildman–Crippen LogP) is 1.75. The van der Waals surface area contributed by atoms with E-state index in [-0.39, 0.29) is 12.2 Å². The number of carbonyl (C=O) groups excluding carboxylic acids is 1. The topological polar surface area (TPSA) is 85.6 Å². The molecule has 0 N–H and O–H groups in total. The quantitative estimate of drug-likeness (QED) is 0.480. The fourth-order valence-electron chi connectivity index (χ4n) is 1.95. The smallest absolute Gasteiger partial charge is 0.325 e. The molecule has 0 aliphatic heterocycles. The lowest BCUT2D eigenvalue weighted by molar-refractivity contribution is -0.383. The first-order valence-electron chi connectivity index (χ1n) is 5.84. The van der Waals surface area contributed by atoms with Crippen molar-refractivity contribution in [2.75, 3.05) is 25.6 Å². The summed E-state index contributed by atoms with van der Waals surface area (Å²) in [5.41, 5.74) is 1.10. The molecule has 0 aliphatic carbocycles. The van der Waals surface area contributed by atoms with E-state index in [2.05, 4.69) is 9.72 Å². The fraction of sp³-hybridized carbons (Fsp3) is 0.231. The van der Waals surface area contributed by atoms with E-state index in [0.29, 0.717) is 16.6 Å². The summed E-state index contributed by atoms with van der Waals surface area (Å²) in [5.74, 6) is -0.394. The molecule has 104 valence electrons. The van der Waals surface area contributed by atoms with Gasteiger partial charge in [-0.2, -0.15) is 0 Å². The molecule has 2 aromatic rings. The number of esters is 1. The van der Waals surface area contributed by atoms with E-state index in [0.717, 1.165) is 0 Å². The average molecular weight is 275 g/mol. The number of pyridine rings is 1. The largest absolute Gasteiger partial charge is 0.468 e. The van der Waals surface area contributed by atoms with Crippen molar-refractivity contribution in [3.63, 3.8) is 0 Å². The van der Waals surface area contributed by atoms with Gasteiger partial charge in [-0.05, 0) is 18.2 Å². The second-order valence-electron chi connectivity index (χ2n) is 4.19. The zero-order chi connectivity index (χ0) is 14.7. The predicted molar refractivity (Wildman–Crippen MR) is 73.7 cm³/mol. The standard InChI is InChI=1S/C13H13N3O4/c1-15(8-12(17)20-2)11-6-5-10(16(18)19)9-4-3-7-14-13(9)11/h3-7H,8H2,1-2H3. The SMILES string of the molecule is COC(=O)CN(C)c1ccc([N+](=O)[O-])c2cccnc12. The summed E-state index contributed by atoms with van der Waals surface area (Å²) >= 11 is 0. The van der Waals surface area contributed by atoms with Crippen LogP contribution in [0, 0.1) is 10.1 Å². The van der Waals surface area contributed by atoms with E-state index in [1.807, 2.05) is 0 Å². The fourth-order valence-corrected chi connectivity index (χ4v) is 1.95. The van der Waals surface area contributed by atoms with Gasteiger partial charge in [0.1, 0.15) is 12.1 Å². The first-order valence-corrected chi connectivity index (χ1v) is 5.84. The summed E-state index contributed by atoms with van der Waals surface area (Å²) in [6.07, 6.45) is 1.56. The first-order chi connectivity index (χ1) is 9.54. The number of anilines is 1. The van der Waals surface area contributed by atoms with Gasteiger partial charge in [0.15, 0.2) is 0 Å². The molecule has 0 bridgehead atoms. The minimum atomic E-state index is -0.450. The van der Waals surface area contributed by atoms with Crippen molar-refractivity contribution < 1.29 is 14.5 Å². The van der Waals surface area contributed by atoms with Crippen LogP contribution in [0.5, 0.6) is 0 Å². The van der Waals surface area contributed by atoms with Crippen LogP contribution in [0.25, 0.3) is 10.9 Å². The van der Waals surface area contributed by atoms with Crippen LogP contribution in [0.1, 0.15) is 0 Å². The van der Waals surface area contributed by atoms with Crippen molar-refractivity contribution in [1.82, 2.24) is 4.98 Å². The van der Waals surface area contributed by atoms with Gasteiger partial charge in [-0.15, -0.1) is 0 Å². The number of likely N-dealkylation sites (N-methyl/N-ethyl adjacent to an activating group) is 1. The Morgan fingerprint density at radius 2 is 2.20 bits per heavy atom. The number of rotatable bonds is 4. The van der Waals surface area contributed by atoms with E-state index in [4.69, 9.17) is 0 Å². The highest BCUT2D eigenvalue weighted by molar-refractivity contribution is 5.97. The third kappa shape index (κ3) is 2.51. The second kappa shape index (κ2) is 5.52. The van der Waals surface area contributed by atoms with Gasteiger partial charge >= 0.3 is 5.97 Å². The van der Waals surface area contributed by atoms with E-state index < -0.39 is 10.9 Å². The molecule has 1 aromatic carbocycles. The van der Waals surface area contributed by atoms with E-state index in [9.17, 15) is 14.9 Å². The lowest BCUT2D eigenvalue weighted by Crippen LogP contribution is -2.26. The number of methoxy groups -OCH3 is 1. The molecule has 0 saturated carbocycles. The van der Waals surface area contributed by atoms with Crippen molar-refractivity contribution in [3.05, 3.63) is 40.6 Å². The molecule has 1 aromatic heterocycles. The van der Waals surface area contributed by atoms with Crippen LogP contribution in [0.4, 0.5) is 11.4 Å². The van der Waals surface area contributed by atoms with Gasteiger partial charge in [-0.25, -0.2) is 0 Å². The Labute approximate surface area is 114 Å². The zero-order valence-electron chi connectivity index (χ0n) is 11.1. The Morgan fingerprint density at radius 1 is 1.45 bits per heavy atom. The van der Waals surface area contributed by atoms with Gasteiger partial charge < -0.3 is 9.64 Å². The van der Waals surface area contributed by atoms with E-state index in [1.165, 1.54) is 13.2 Å². The number of aromatic nitrogens is 1. The van der Waals surface area contributed by atoms with Gasteiger partial charge in [-0.3, -0.25) is 19.9 Å². The molecule has 1 heterocycles. The van der Waals surface area contributed by atoms with Crippen LogP contribution in [-0.4, -0.2) is 36.6 Å². The Morgan fingerprint density at radius 3 is 2.85 bits per heavy atom. The van der Waals surface area contributed by atoms with Crippen molar-refractivity contribution in [1.29, 1.82) is 0 Å². The molecule has 0 unspecified atom stereocenters. The molecule has 0 saturated heterocycles. The molecule has 0 atom stereocenters. The summed E-state index contributed by atoms with van der Waals surface area (Å²) in [5, 5.41) is 11.4. The van der Waals surface area contributed by atoms with Crippen LogP contribution in [0.3, 0.4) is 0 Å².